The summed E-state index contributed by atoms with van der Waals surface area (Å²) in [6.07, 6.45) is 4.15. The Hall–Kier alpha value is -0.570. The first-order valence-corrected chi connectivity index (χ1v) is 4.45. The van der Waals surface area contributed by atoms with Crippen LogP contribution < -0.4 is 5.56 Å². The summed E-state index contributed by atoms with van der Waals surface area (Å²) in [5, 5.41) is 0. The van der Waals surface area contributed by atoms with Crippen molar-refractivity contribution in [3.05, 3.63) is 33.2 Å². The lowest BCUT2D eigenvalue weighted by molar-refractivity contribution is 0.703. The summed E-state index contributed by atoms with van der Waals surface area (Å²) in [6.45, 7) is 0. The molecule has 3 heteroatoms. The van der Waals surface area contributed by atoms with Gasteiger partial charge in [-0.1, -0.05) is 0 Å². The van der Waals surface area contributed by atoms with Crippen LogP contribution in [0.25, 0.3) is 0 Å². The van der Waals surface area contributed by atoms with Crippen LogP contribution in [-0.2, 0) is 0 Å². The Labute approximate surface area is 73.0 Å². The molecule has 0 spiro atoms. The lowest BCUT2D eigenvalue weighted by Crippen LogP contribution is -2.18. The molecule has 1 saturated carbocycles. The maximum atomic E-state index is 11.4. The lowest BCUT2D eigenvalue weighted by Gasteiger charge is -2.01. The van der Waals surface area contributed by atoms with Crippen LogP contribution in [-0.4, -0.2) is 4.57 Å². The zero-order valence-electron chi connectivity index (χ0n) is 5.96. The molecule has 11 heavy (non-hydrogen) atoms. The summed E-state index contributed by atoms with van der Waals surface area (Å²) in [5.74, 6) is 0. The Morgan fingerprint density at radius 1 is 1.55 bits per heavy atom. The minimum atomic E-state index is 0.0926. The third-order valence-corrected chi connectivity index (χ3v) is 2.47. The highest BCUT2D eigenvalue weighted by atomic mass is 79.9. The van der Waals surface area contributed by atoms with Gasteiger partial charge in [0.15, 0.2) is 0 Å². The molecule has 1 fully saturated rings. The zero-order valence-corrected chi connectivity index (χ0v) is 7.54. The first kappa shape index (κ1) is 7.10. The summed E-state index contributed by atoms with van der Waals surface area (Å²) >= 11 is 3.21. The van der Waals surface area contributed by atoms with E-state index < -0.39 is 0 Å². The second-order valence-corrected chi connectivity index (χ2v) is 3.65. The van der Waals surface area contributed by atoms with Gasteiger partial charge in [0.25, 0.3) is 5.56 Å². The van der Waals surface area contributed by atoms with E-state index in [9.17, 15) is 4.79 Å². The summed E-state index contributed by atoms with van der Waals surface area (Å²) in [5.41, 5.74) is 0.0926. The molecular formula is C8H8BrNO. The van der Waals surface area contributed by atoms with E-state index in [1.807, 2.05) is 12.3 Å². The van der Waals surface area contributed by atoms with Crippen LogP contribution in [0.1, 0.15) is 18.9 Å². The van der Waals surface area contributed by atoms with Gasteiger partial charge in [-0.3, -0.25) is 4.79 Å². The minimum Gasteiger partial charge on any atom is -0.312 e. The van der Waals surface area contributed by atoms with Gasteiger partial charge in [-0.05, 0) is 40.9 Å². The van der Waals surface area contributed by atoms with Crippen molar-refractivity contribution in [3.63, 3.8) is 0 Å². The van der Waals surface area contributed by atoms with Crippen molar-refractivity contribution in [2.75, 3.05) is 0 Å². The van der Waals surface area contributed by atoms with E-state index in [-0.39, 0.29) is 5.56 Å². The number of hydrogen-bond acceptors (Lipinski definition) is 1. The van der Waals surface area contributed by atoms with Crippen molar-refractivity contribution in [1.82, 2.24) is 4.57 Å². The third kappa shape index (κ3) is 1.25. The standard InChI is InChI=1S/C8H8BrNO/c9-7-2-1-5-10(8(7)11)6-3-4-6/h1-2,5-6H,3-4H2. The maximum absolute atomic E-state index is 11.4. The topological polar surface area (TPSA) is 22.0 Å². The van der Waals surface area contributed by atoms with Gasteiger partial charge in [-0.15, -0.1) is 0 Å². The quantitative estimate of drug-likeness (QED) is 0.700. The van der Waals surface area contributed by atoms with Gasteiger partial charge in [0.1, 0.15) is 0 Å². The Bertz CT molecular complexity index is 327. The Balaban J connectivity index is 2.54. The Morgan fingerprint density at radius 2 is 2.27 bits per heavy atom. The molecule has 0 aromatic carbocycles. The number of aromatic nitrogens is 1. The maximum Gasteiger partial charge on any atom is 0.265 e. The second kappa shape index (κ2) is 2.48. The number of hydrogen-bond donors (Lipinski definition) is 0. The number of rotatable bonds is 1. The van der Waals surface area contributed by atoms with Crippen LogP contribution in [0, 0.1) is 0 Å². The fourth-order valence-corrected chi connectivity index (χ4v) is 1.48. The molecular weight excluding hydrogens is 206 g/mol. The molecule has 1 heterocycles. The van der Waals surface area contributed by atoms with Crippen molar-refractivity contribution in [1.29, 1.82) is 0 Å². The largest absolute Gasteiger partial charge is 0.312 e. The smallest absolute Gasteiger partial charge is 0.265 e. The van der Waals surface area contributed by atoms with Crippen LogP contribution in [0.4, 0.5) is 0 Å². The molecule has 0 saturated heterocycles. The SMILES string of the molecule is O=c1c(Br)cccn1C1CC1. The molecule has 0 aliphatic heterocycles. The van der Waals surface area contributed by atoms with E-state index >= 15 is 0 Å². The first-order chi connectivity index (χ1) is 5.29. The van der Waals surface area contributed by atoms with Crippen LogP contribution in [0.5, 0.6) is 0 Å². The Morgan fingerprint density at radius 3 is 2.91 bits per heavy atom. The molecule has 0 unspecified atom stereocenters. The summed E-state index contributed by atoms with van der Waals surface area (Å²) in [4.78, 5) is 11.4. The van der Waals surface area contributed by atoms with E-state index in [1.54, 1.807) is 10.6 Å². The molecule has 0 amide bonds. The van der Waals surface area contributed by atoms with Crippen LogP contribution in [0.15, 0.2) is 27.6 Å². The second-order valence-electron chi connectivity index (χ2n) is 2.80. The van der Waals surface area contributed by atoms with Gasteiger partial charge in [0.05, 0.1) is 4.47 Å². The van der Waals surface area contributed by atoms with Crippen LogP contribution >= 0.6 is 15.9 Å². The van der Waals surface area contributed by atoms with Gasteiger partial charge in [-0.2, -0.15) is 0 Å². The molecule has 0 radical (unpaired) electrons. The van der Waals surface area contributed by atoms with Crippen molar-refractivity contribution < 1.29 is 0 Å². The normalized spacial score (nSPS) is 16.8. The van der Waals surface area contributed by atoms with Crippen molar-refractivity contribution in [3.8, 4) is 0 Å². The highest BCUT2D eigenvalue weighted by Crippen LogP contribution is 2.33. The molecule has 2 rings (SSSR count). The van der Waals surface area contributed by atoms with Gasteiger partial charge in [-0.25, -0.2) is 0 Å². The van der Waals surface area contributed by atoms with Gasteiger partial charge in [0.2, 0.25) is 0 Å². The summed E-state index contributed by atoms with van der Waals surface area (Å²) in [7, 11) is 0. The van der Waals surface area contributed by atoms with Crippen molar-refractivity contribution >= 4 is 15.9 Å². The van der Waals surface area contributed by atoms with Gasteiger partial charge in [0, 0.05) is 12.2 Å². The highest BCUT2D eigenvalue weighted by molar-refractivity contribution is 9.10. The average molecular weight is 214 g/mol. The highest BCUT2D eigenvalue weighted by Gasteiger charge is 2.24. The minimum absolute atomic E-state index is 0.0926. The number of nitrogens with zero attached hydrogens (tertiary/aromatic N) is 1. The Kier molecular flexibility index (Phi) is 1.60. The fourth-order valence-electron chi connectivity index (χ4n) is 1.12. The van der Waals surface area contributed by atoms with Crippen molar-refractivity contribution in [2.45, 2.75) is 18.9 Å². The molecule has 1 aliphatic carbocycles. The zero-order chi connectivity index (χ0) is 7.84. The molecule has 0 N–H and O–H groups in total. The lowest BCUT2D eigenvalue weighted by atomic mass is 10.4. The molecule has 1 aliphatic rings. The fraction of sp³-hybridized carbons (Fsp3) is 0.375. The first-order valence-electron chi connectivity index (χ1n) is 3.65. The number of pyridine rings is 1. The average Bonchev–Trinajstić information content (AvgIpc) is 2.77. The number of halogens is 1. The van der Waals surface area contributed by atoms with E-state index in [2.05, 4.69) is 15.9 Å². The molecule has 58 valence electrons. The molecule has 0 atom stereocenters. The third-order valence-electron chi connectivity index (χ3n) is 1.87. The van der Waals surface area contributed by atoms with E-state index in [1.165, 1.54) is 0 Å². The van der Waals surface area contributed by atoms with Crippen LogP contribution in [0.2, 0.25) is 0 Å². The molecule has 1 aromatic rings. The predicted octanol–water partition coefficient (Wildman–Crippen LogP) is 1.95. The van der Waals surface area contributed by atoms with E-state index in [4.69, 9.17) is 0 Å². The van der Waals surface area contributed by atoms with Gasteiger partial charge < -0.3 is 4.57 Å². The summed E-state index contributed by atoms with van der Waals surface area (Å²) in [6, 6.07) is 4.14. The van der Waals surface area contributed by atoms with Crippen LogP contribution in [0.3, 0.4) is 0 Å². The predicted molar refractivity (Wildman–Crippen MR) is 46.7 cm³/mol. The van der Waals surface area contributed by atoms with Gasteiger partial charge >= 0.3 is 0 Å². The molecule has 1 aromatic heterocycles. The monoisotopic (exact) mass is 213 g/mol. The van der Waals surface area contributed by atoms with Crippen molar-refractivity contribution in [2.24, 2.45) is 0 Å². The van der Waals surface area contributed by atoms with E-state index in [0.29, 0.717) is 10.5 Å². The molecule has 2 nitrogen and oxygen atoms in total. The summed E-state index contributed by atoms with van der Waals surface area (Å²) < 4.78 is 2.45. The van der Waals surface area contributed by atoms with E-state index in [0.717, 1.165) is 12.8 Å². The molecule has 0 bridgehead atoms.